The van der Waals surface area contributed by atoms with Crippen LogP contribution in [0.4, 0.5) is 5.69 Å². The van der Waals surface area contributed by atoms with Crippen LogP contribution in [0.1, 0.15) is 39.9 Å². The Balaban J connectivity index is 1.62. The molecule has 0 aliphatic carbocycles. The first-order valence-electron chi connectivity index (χ1n) is 9.78. The van der Waals surface area contributed by atoms with Gasteiger partial charge in [-0.15, -0.1) is 0 Å². The van der Waals surface area contributed by atoms with Gasteiger partial charge in [-0.1, -0.05) is 6.07 Å². The molecule has 0 saturated heterocycles. The highest BCUT2D eigenvalue weighted by molar-refractivity contribution is 5.94. The predicted molar refractivity (Wildman–Crippen MR) is 114 cm³/mol. The van der Waals surface area contributed by atoms with Crippen LogP contribution in [0.25, 0.3) is 0 Å². The average molecular weight is 413 g/mol. The van der Waals surface area contributed by atoms with Crippen molar-refractivity contribution in [2.75, 3.05) is 19.7 Å². The number of carbonyl (C=O) groups is 2. The summed E-state index contributed by atoms with van der Waals surface area (Å²) < 4.78 is 5.81. The van der Waals surface area contributed by atoms with Crippen LogP contribution in [-0.2, 0) is 4.79 Å². The van der Waals surface area contributed by atoms with Crippen molar-refractivity contribution < 1.29 is 19.2 Å². The summed E-state index contributed by atoms with van der Waals surface area (Å²) in [6, 6.07) is 9.42. The van der Waals surface area contributed by atoms with E-state index >= 15 is 0 Å². The molecular weight excluding hydrogens is 386 g/mol. The number of nitro benzene ring substituents is 1. The van der Waals surface area contributed by atoms with Crippen molar-refractivity contribution in [2.45, 2.75) is 33.6 Å². The molecule has 0 atom stereocenters. The molecule has 2 rings (SSSR count). The Morgan fingerprint density at radius 1 is 1.03 bits per heavy atom. The third-order valence-corrected chi connectivity index (χ3v) is 4.64. The Kier molecular flexibility index (Phi) is 8.34. The van der Waals surface area contributed by atoms with E-state index in [0.717, 1.165) is 16.9 Å². The zero-order chi connectivity index (χ0) is 22.1. The summed E-state index contributed by atoms with van der Waals surface area (Å²) in [5.74, 6) is 0.323. The summed E-state index contributed by atoms with van der Waals surface area (Å²) in [5.41, 5.74) is 3.68. The van der Waals surface area contributed by atoms with E-state index in [9.17, 15) is 19.7 Å². The number of non-ortho nitro benzene ring substituents is 1. The van der Waals surface area contributed by atoms with Gasteiger partial charge in [0.25, 0.3) is 11.6 Å². The van der Waals surface area contributed by atoms with Gasteiger partial charge < -0.3 is 15.4 Å². The molecule has 2 amide bonds. The quantitative estimate of drug-likeness (QED) is 0.353. The molecule has 2 aromatic carbocycles. The van der Waals surface area contributed by atoms with Gasteiger partial charge in [-0.3, -0.25) is 19.7 Å². The van der Waals surface area contributed by atoms with Gasteiger partial charge >= 0.3 is 0 Å². The lowest BCUT2D eigenvalue weighted by atomic mass is 10.1. The van der Waals surface area contributed by atoms with Crippen molar-refractivity contribution in [1.29, 1.82) is 0 Å². The van der Waals surface area contributed by atoms with E-state index in [1.165, 1.54) is 29.8 Å². The molecule has 0 fully saturated rings. The van der Waals surface area contributed by atoms with E-state index in [1.54, 1.807) is 0 Å². The minimum absolute atomic E-state index is 0.0809. The van der Waals surface area contributed by atoms with Crippen LogP contribution >= 0.6 is 0 Å². The lowest BCUT2D eigenvalue weighted by molar-refractivity contribution is -0.384. The van der Waals surface area contributed by atoms with Crippen molar-refractivity contribution in [1.82, 2.24) is 10.6 Å². The minimum Gasteiger partial charge on any atom is -0.493 e. The first kappa shape index (κ1) is 22.9. The van der Waals surface area contributed by atoms with E-state index in [2.05, 4.69) is 23.6 Å². The highest BCUT2D eigenvalue weighted by atomic mass is 16.6. The second-order valence-electron chi connectivity index (χ2n) is 7.07. The van der Waals surface area contributed by atoms with Crippen LogP contribution in [0.15, 0.2) is 36.4 Å². The summed E-state index contributed by atoms with van der Waals surface area (Å²) in [6.45, 7) is 7.27. The van der Waals surface area contributed by atoms with Crippen LogP contribution in [0, 0.1) is 30.9 Å². The van der Waals surface area contributed by atoms with Crippen LogP contribution in [0.3, 0.4) is 0 Å². The van der Waals surface area contributed by atoms with Crippen molar-refractivity contribution in [3.8, 4) is 5.75 Å². The van der Waals surface area contributed by atoms with Crippen LogP contribution in [-0.4, -0.2) is 36.4 Å². The molecule has 0 radical (unpaired) electrons. The van der Waals surface area contributed by atoms with Crippen LogP contribution in [0.5, 0.6) is 5.75 Å². The summed E-state index contributed by atoms with van der Waals surface area (Å²) in [7, 11) is 0. The number of benzene rings is 2. The van der Waals surface area contributed by atoms with Crippen molar-refractivity contribution in [3.63, 3.8) is 0 Å². The number of hydrogen-bond donors (Lipinski definition) is 2. The SMILES string of the molecule is Cc1cc(C)c(C)c(OCCCNC(=O)CCNC(=O)c2ccc([N+](=O)[O-])cc2)c1. The lowest BCUT2D eigenvalue weighted by Crippen LogP contribution is -2.31. The fourth-order valence-corrected chi connectivity index (χ4v) is 2.85. The van der Waals surface area contributed by atoms with E-state index in [0.29, 0.717) is 25.1 Å². The Morgan fingerprint density at radius 2 is 1.73 bits per heavy atom. The molecule has 30 heavy (non-hydrogen) atoms. The number of hydrogen-bond acceptors (Lipinski definition) is 5. The first-order chi connectivity index (χ1) is 14.3. The Hall–Kier alpha value is -3.42. The van der Waals surface area contributed by atoms with Gasteiger partial charge in [0.1, 0.15) is 5.75 Å². The molecule has 0 heterocycles. The lowest BCUT2D eigenvalue weighted by Gasteiger charge is -2.12. The normalized spacial score (nSPS) is 10.4. The van der Waals surface area contributed by atoms with Crippen molar-refractivity contribution >= 4 is 17.5 Å². The third kappa shape index (κ3) is 6.88. The summed E-state index contributed by atoms with van der Waals surface area (Å²) in [5, 5.41) is 16.0. The molecule has 2 N–H and O–H groups in total. The maximum absolute atomic E-state index is 12.0. The molecule has 8 heteroatoms. The molecule has 0 aliphatic heterocycles. The number of nitrogens with one attached hydrogen (secondary N) is 2. The Labute approximate surface area is 175 Å². The van der Waals surface area contributed by atoms with E-state index in [-0.39, 0.29) is 30.5 Å². The molecule has 8 nitrogen and oxygen atoms in total. The number of ether oxygens (including phenoxy) is 1. The number of amides is 2. The predicted octanol–water partition coefficient (Wildman–Crippen LogP) is 3.23. The number of nitrogens with zero attached hydrogens (tertiary/aromatic N) is 1. The second-order valence-corrected chi connectivity index (χ2v) is 7.07. The minimum atomic E-state index is -0.528. The average Bonchev–Trinajstić information content (AvgIpc) is 2.71. The number of carbonyl (C=O) groups excluding carboxylic acids is 2. The smallest absolute Gasteiger partial charge is 0.269 e. The van der Waals surface area contributed by atoms with Crippen LogP contribution < -0.4 is 15.4 Å². The number of nitro groups is 1. The summed E-state index contributed by atoms with van der Waals surface area (Å²) >= 11 is 0. The molecule has 0 unspecified atom stereocenters. The molecular formula is C22H27N3O5. The fraction of sp³-hybridized carbons (Fsp3) is 0.364. The largest absolute Gasteiger partial charge is 0.493 e. The maximum Gasteiger partial charge on any atom is 0.269 e. The van der Waals surface area contributed by atoms with Gasteiger partial charge in [0.15, 0.2) is 0 Å². The highest BCUT2D eigenvalue weighted by Gasteiger charge is 2.10. The van der Waals surface area contributed by atoms with Gasteiger partial charge in [-0.05, 0) is 62.1 Å². The molecule has 0 saturated carbocycles. The summed E-state index contributed by atoms with van der Waals surface area (Å²) in [4.78, 5) is 34.0. The van der Waals surface area contributed by atoms with Gasteiger partial charge in [0, 0.05) is 37.2 Å². The molecule has 0 aliphatic rings. The van der Waals surface area contributed by atoms with Gasteiger partial charge in [-0.25, -0.2) is 0 Å². The molecule has 0 spiro atoms. The van der Waals surface area contributed by atoms with Crippen molar-refractivity contribution in [2.24, 2.45) is 0 Å². The standard InChI is InChI=1S/C22H27N3O5/c1-15-13-16(2)17(3)20(14-15)30-12-4-10-23-21(26)9-11-24-22(27)18-5-7-19(8-6-18)25(28)29/h5-8,13-14H,4,9-12H2,1-3H3,(H,23,26)(H,24,27). The fourth-order valence-electron chi connectivity index (χ4n) is 2.85. The highest BCUT2D eigenvalue weighted by Crippen LogP contribution is 2.23. The molecule has 160 valence electrons. The topological polar surface area (TPSA) is 111 Å². The van der Waals surface area contributed by atoms with Crippen LogP contribution in [0.2, 0.25) is 0 Å². The monoisotopic (exact) mass is 413 g/mol. The maximum atomic E-state index is 12.0. The van der Waals surface area contributed by atoms with E-state index < -0.39 is 4.92 Å². The van der Waals surface area contributed by atoms with Gasteiger partial charge in [0.05, 0.1) is 11.5 Å². The zero-order valence-corrected chi connectivity index (χ0v) is 17.5. The third-order valence-electron chi connectivity index (χ3n) is 4.64. The number of aryl methyl sites for hydroxylation is 2. The zero-order valence-electron chi connectivity index (χ0n) is 17.5. The van der Waals surface area contributed by atoms with E-state index in [1.807, 2.05) is 19.9 Å². The van der Waals surface area contributed by atoms with Gasteiger partial charge in [-0.2, -0.15) is 0 Å². The molecule has 0 aromatic heterocycles. The second kappa shape index (κ2) is 10.9. The molecule has 2 aromatic rings. The van der Waals surface area contributed by atoms with Gasteiger partial charge in [0.2, 0.25) is 5.91 Å². The van der Waals surface area contributed by atoms with E-state index in [4.69, 9.17) is 4.74 Å². The summed E-state index contributed by atoms with van der Waals surface area (Å²) in [6.07, 6.45) is 0.823. The first-order valence-corrected chi connectivity index (χ1v) is 9.78. The Morgan fingerprint density at radius 3 is 2.40 bits per heavy atom. The van der Waals surface area contributed by atoms with Crippen molar-refractivity contribution in [3.05, 3.63) is 68.8 Å². The molecule has 0 bridgehead atoms. The Bertz CT molecular complexity index is 910. The number of rotatable bonds is 10.